The van der Waals surface area contributed by atoms with Crippen LogP contribution in [0.4, 0.5) is 5.82 Å². The van der Waals surface area contributed by atoms with Crippen LogP contribution in [0.3, 0.4) is 0 Å². The summed E-state index contributed by atoms with van der Waals surface area (Å²) in [5, 5.41) is 13.1. The van der Waals surface area contributed by atoms with Crippen LogP contribution in [0.1, 0.15) is 4.88 Å². The lowest BCUT2D eigenvalue weighted by Crippen LogP contribution is -2.27. The Labute approximate surface area is 190 Å². The predicted molar refractivity (Wildman–Crippen MR) is 126 cm³/mol. The first-order valence-electron chi connectivity index (χ1n) is 9.14. The summed E-state index contributed by atoms with van der Waals surface area (Å²) < 4.78 is 2.50. The van der Waals surface area contributed by atoms with E-state index in [0.29, 0.717) is 23.8 Å². The van der Waals surface area contributed by atoms with Crippen molar-refractivity contribution < 1.29 is 4.79 Å². The number of carbonyl (C=O) groups excluding carboxylic acids is 1. The summed E-state index contributed by atoms with van der Waals surface area (Å²) in [5.74, 6) is 0.618. The summed E-state index contributed by atoms with van der Waals surface area (Å²) in [7, 11) is 0. The Balaban J connectivity index is 1.46. The van der Waals surface area contributed by atoms with Gasteiger partial charge in [-0.15, -0.1) is 11.3 Å². The summed E-state index contributed by atoms with van der Waals surface area (Å²) in [6.45, 7) is 0.985. The number of rotatable bonds is 7. The standard InChI is InChI=1S/C21H17BrClN5OS/c22-16-13-26-28-19(12-18(27-21(16)28)15-5-1-2-6-17(15)23)24-9-10-25-20(29)8-7-14-4-3-11-30-14/h1-8,11-13,24H,9-10H2,(H,25,29)/b8-7+. The van der Waals surface area contributed by atoms with Crippen LogP contribution >= 0.6 is 38.9 Å². The molecule has 152 valence electrons. The van der Waals surface area contributed by atoms with Gasteiger partial charge in [0.2, 0.25) is 5.91 Å². The molecule has 9 heteroatoms. The van der Waals surface area contributed by atoms with Crippen LogP contribution in [0.25, 0.3) is 23.0 Å². The van der Waals surface area contributed by atoms with Crippen molar-refractivity contribution in [2.24, 2.45) is 0 Å². The highest BCUT2D eigenvalue weighted by molar-refractivity contribution is 9.10. The summed E-state index contributed by atoms with van der Waals surface area (Å²) >= 11 is 11.4. The number of fused-ring (bicyclic) bond motifs is 1. The van der Waals surface area contributed by atoms with E-state index in [0.717, 1.165) is 26.4 Å². The van der Waals surface area contributed by atoms with Gasteiger partial charge < -0.3 is 10.6 Å². The Bertz CT molecular complexity index is 1210. The third-order valence-electron chi connectivity index (χ3n) is 4.25. The lowest BCUT2D eigenvalue weighted by molar-refractivity contribution is -0.116. The van der Waals surface area contributed by atoms with E-state index in [1.807, 2.05) is 47.8 Å². The van der Waals surface area contributed by atoms with Crippen LogP contribution in [-0.2, 0) is 4.79 Å². The van der Waals surface area contributed by atoms with E-state index in [1.54, 1.807) is 28.1 Å². The van der Waals surface area contributed by atoms with Gasteiger partial charge in [0.15, 0.2) is 5.65 Å². The number of aromatic nitrogens is 3. The fourth-order valence-electron chi connectivity index (χ4n) is 2.85. The van der Waals surface area contributed by atoms with Crippen molar-refractivity contribution in [3.05, 3.63) is 74.5 Å². The molecule has 3 heterocycles. The molecule has 0 aliphatic heterocycles. The minimum Gasteiger partial charge on any atom is -0.368 e. The molecule has 0 aliphatic rings. The first kappa shape index (κ1) is 20.6. The second-order valence-electron chi connectivity index (χ2n) is 6.30. The molecule has 0 bridgehead atoms. The fraction of sp³-hybridized carbons (Fsp3) is 0.0952. The zero-order valence-electron chi connectivity index (χ0n) is 15.7. The molecule has 0 atom stereocenters. The Kier molecular flexibility index (Phi) is 6.47. The van der Waals surface area contributed by atoms with Crippen molar-refractivity contribution in [3.63, 3.8) is 0 Å². The second-order valence-corrected chi connectivity index (χ2v) is 8.54. The Hall–Kier alpha value is -2.68. The Morgan fingerprint density at radius 1 is 1.23 bits per heavy atom. The van der Waals surface area contributed by atoms with Crippen LogP contribution < -0.4 is 10.6 Å². The van der Waals surface area contributed by atoms with Gasteiger partial charge >= 0.3 is 0 Å². The first-order chi connectivity index (χ1) is 14.6. The molecule has 4 aromatic rings. The number of benzene rings is 1. The van der Waals surface area contributed by atoms with Gasteiger partial charge in [0.1, 0.15) is 5.82 Å². The highest BCUT2D eigenvalue weighted by Crippen LogP contribution is 2.30. The third kappa shape index (κ3) is 4.72. The maximum Gasteiger partial charge on any atom is 0.244 e. The summed E-state index contributed by atoms with van der Waals surface area (Å²) in [6, 6.07) is 13.4. The van der Waals surface area contributed by atoms with E-state index in [4.69, 9.17) is 11.6 Å². The molecular weight excluding hydrogens is 486 g/mol. The van der Waals surface area contributed by atoms with Gasteiger partial charge in [0.25, 0.3) is 0 Å². The number of hydrogen-bond donors (Lipinski definition) is 2. The van der Waals surface area contributed by atoms with E-state index >= 15 is 0 Å². The van der Waals surface area contributed by atoms with Gasteiger partial charge in [0, 0.05) is 40.7 Å². The molecule has 0 unspecified atom stereocenters. The highest BCUT2D eigenvalue weighted by atomic mass is 79.9. The Morgan fingerprint density at radius 2 is 2.10 bits per heavy atom. The highest BCUT2D eigenvalue weighted by Gasteiger charge is 2.13. The van der Waals surface area contributed by atoms with Crippen molar-refractivity contribution in [1.82, 2.24) is 19.9 Å². The zero-order chi connectivity index (χ0) is 20.9. The Morgan fingerprint density at radius 3 is 2.90 bits per heavy atom. The molecule has 6 nitrogen and oxygen atoms in total. The molecule has 2 N–H and O–H groups in total. The molecule has 0 saturated heterocycles. The lowest BCUT2D eigenvalue weighted by atomic mass is 10.1. The van der Waals surface area contributed by atoms with Crippen LogP contribution in [0.2, 0.25) is 5.02 Å². The number of carbonyl (C=O) groups is 1. The molecule has 0 saturated carbocycles. The van der Waals surface area contributed by atoms with Crippen molar-refractivity contribution >= 4 is 62.3 Å². The molecule has 0 spiro atoms. The number of nitrogens with zero attached hydrogens (tertiary/aromatic N) is 3. The van der Waals surface area contributed by atoms with Gasteiger partial charge in [-0.05, 0) is 39.5 Å². The number of hydrogen-bond acceptors (Lipinski definition) is 5. The number of anilines is 1. The maximum atomic E-state index is 12.0. The van der Waals surface area contributed by atoms with Crippen LogP contribution in [0, 0.1) is 0 Å². The topological polar surface area (TPSA) is 71.3 Å². The van der Waals surface area contributed by atoms with E-state index in [-0.39, 0.29) is 5.91 Å². The van der Waals surface area contributed by atoms with E-state index < -0.39 is 0 Å². The molecule has 4 rings (SSSR count). The van der Waals surface area contributed by atoms with Crippen molar-refractivity contribution in [1.29, 1.82) is 0 Å². The quantitative estimate of drug-likeness (QED) is 0.272. The molecule has 1 amide bonds. The summed E-state index contributed by atoms with van der Waals surface area (Å²) in [5.41, 5.74) is 2.25. The third-order valence-corrected chi connectivity index (χ3v) is 5.98. The number of nitrogens with one attached hydrogen (secondary N) is 2. The summed E-state index contributed by atoms with van der Waals surface area (Å²) in [4.78, 5) is 17.7. The lowest BCUT2D eigenvalue weighted by Gasteiger charge is -2.12. The maximum absolute atomic E-state index is 12.0. The molecule has 0 fully saturated rings. The fourth-order valence-corrected chi connectivity index (χ4v) is 4.05. The van der Waals surface area contributed by atoms with Crippen molar-refractivity contribution in [2.75, 3.05) is 18.4 Å². The van der Waals surface area contributed by atoms with Gasteiger partial charge in [-0.2, -0.15) is 9.61 Å². The monoisotopic (exact) mass is 501 g/mol. The smallest absolute Gasteiger partial charge is 0.244 e. The summed E-state index contributed by atoms with van der Waals surface area (Å²) in [6.07, 6.45) is 5.04. The van der Waals surface area contributed by atoms with E-state index in [9.17, 15) is 4.79 Å². The minimum absolute atomic E-state index is 0.135. The van der Waals surface area contributed by atoms with Crippen LogP contribution in [-0.4, -0.2) is 33.6 Å². The van der Waals surface area contributed by atoms with Crippen LogP contribution in [0.15, 0.2) is 64.6 Å². The predicted octanol–water partition coefficient (Wildman–Crippen LogP) is 5.12. The van der Waals surface area contributed by atoms with Crippen molar-refractivity contribution in [2.45, 2.75) is 0 Å². The van der Waals surface area contributed by atoms with E-state index in [2.05, 4.69) is 36.6 Å². The molecule has 0 radical (unpaired) electrons. The number of thiophene rings is 1. The van der Waals surface area contributed by atoms with Gasteiger partial charge in [-0.3, -0.25) is 4.79 Å². The molecule has 0 aliphatic carbocycles. The van der Waals surface area contributed by atoms with Crippen LogP contribution in [0.5, 0.6) is 0 Å². The van der Waals surface area contributed by atoms with E-state index in [1.165, 1.54) is 6.08 Å². The number of amides is 1. The van der Waals surface area contributed by atoms with Gasteiger partial charge in [-0.1, -0.05) is 35.9 Å². The average molecular weight is 503 g/mol. The van der Waals surface area contributed by atoms with Gasteiger partial charge in [-0.25, -0.2) is 4.98 Å². The van der Waals surface area contributed by atoms with Crippen molar-refractivity contribution in [3.8, 4) is 11.3 Å². The second kappa shape index (κ2) is 9.42. The first-order valence-corrected chi connectivity index (χ1v) is 11.2. The average Bonchev–Trinajstić information content (AvgIpc) is 3.40. The zero-order valence-corrected chi connectivity index (χ0v) is 18.8. The molecule has 3 aromatic heterocycles. The molecule has 30 heavy (non-hydrogen) atoms. The number of halogens is 2. The largest absolute Gasteiger partial charge is 0.368 e. The molecule has 1 aromatic carbocycles. The normalized spacial score (nSPS) is 11.3. The molecular formula is C21H17BrClN5OS. The minimum atomic E-state index is -0.135. The SMILES string of the molecule is O=C(/C=C/c1cccs1)NCCNc1cc(-c2ccccc2Cl)nc2c(Br)cnn12. The van der Waals surface area contributed by atoms with Gasteiger partial charge in [0.05, 0.1) is 16.4 Å².